The monoisotopic (exact) mass is 266 g/mol. The van der Waals surface area contributed by atoms with Crippen molar-refractivity contribution in [3.63, 3.8) is 0 Å². The van der Waals surface area contributed by atoms with Crippen molar-refractivity contribution < 1.29 is 0 Å². The average molecular weight is 267 g/mol. The van der Waals surface area contributed by atoms with Gasteiger partial charge < -0.3 is 5.73 Å². The van der Waals surface area contributed by atoms with E-state index >= 15 is 0 Å². The van der Waals surface area contributed by atoms with Gasteiger partial charge in [0.25, 0.3) is 0 Å². The van der Waals surface area contributed by atoms with Crippen LogP contribution in [0, 0.1) is 5.92 Å². The van der Waals surface area contributed by atoms with Crippen LogP contribution in [0.15, 0.2) is 24.3 Å². The lowest BCUT2D eigenvalue weighted by atomic mass is 9.95. The van der Waals surface area contributed by atoms with Crippen molar-refractivity contribution in [3.05, 3.63) is 34.9 Å². The van der Waals surface area contributed by atoms with E-state index in [9.17, 15) is 0 Å². The highest BCUT2D eigenvalue weighted by molar-refractivity contribution is 6.30. The molecule has 2 nitrogen and oxygen atoms in total. The molecule has 100 valence electrons. The molecule has 1 saturated carbocycles. The summed E-state index contributed by atoms with van der Waals surface area (Å²) in [6, 6.07) is 8.41. The molecule has 0 aliphatic heterocycles. The summed E-state index contributed by atoms with van der Waals surface area (Å²) in [6.45, 7) is 5.30. The summed E-state index contributed by atoms with van der Waals surface area (Å²) < 4.78 is 0. The zero-order valence-corrected chi connectivity index (χ0v) is 12.2. The Hall–Kier alpha value is -0.570. The van der Waals surface area contributed by atoms with Gasteiger partial charge in [0.05, 0.1) is 0 Å². The minimum absolute atomic E-state index is 0.0679. The van der Waals surface area contributed by atoms with Crippen LogP contribution in [0.2, 0.25) is 5.02 Å². The first kappa shape index (κ1) is 13.9. The predicted molar refractivity (Wildman–Crippen MR) is 77.8 cm³/mol. The molecule has 2 unspecified atom stereocenters. The highest BCUT2D eigenvalue weighted by Gasteiger charge is 2.39. The van der Waals surface area contributed by atoms with E-state index in [1.807, 2.05) is 18.2 Å². The number of hydrogen-bond donors (Lipinski definition) is 1. The molecule has 1 aliphatic carbocycles. The molecule has 18 heavy (non-hydrogen) atoms. The smallest absolute Gasteiger partial charge is 0.0409 e. The maximum absolute atomic E-state index is 6.40. The van der Waals surface area contributed by atoms with Gasteiger partial charge in [0.1, 0.15) is 0 Å². The van der Waals surface area contributed by atoms with Crippen molar-refractivity contribution in [1.29, 1.82) is 0 Å². The summed E-state index contributed by atoms with van der Waals surface area (Å²) in [5, 5.41) is 0.797. The van der Waals surface area contributed by atoms with Gasteiger partial charge >= 0.3 is 0 Å². The summed E-state index contributed by atoms with van der Waals surface area (Å²) in [4.78, 5) is 2.32. The van der Waals surface area contributed by atoms with E-state index in [2.05, 4.69) is 31.9 Å². The molecule has 0 aromatic heterocycles. The lowest BCUT2D eigenvalue weighted by molar-refractivity contribution is 0.193. The lowest BCUT2D eigenvalue weighted by Gasteiger charge is -2.34. The fourth-order valence-electron chi connectivity index (χ4n) is 2.57. The van der Waals surface area contributed by atoms with Gasteiger partial charge in [0, 0.05) is 23.1 Å². The molecule has 1 aromatic rings. The second kappa shape index (κ2) is 5.20. The Morgan fingerprint density at radius 1 is 1.50 bits per heavy atom. The van der Waals surface area contributed by atoms with Crippen LogP contribution in [0.1, 0.15) is 38.3 Å². The van der Waals surface area contributed by atoms with Gasteiger partial charge in [-0.25, -0.2) is 0 Å². The zero-order valence-electron chi connectivity index (χ0n) is 11.5. The molecule has 1 aromatic carbocycles. The van der Waals surface area contributed by atoms with Crippen LogP contribution in [0.25, 0.3) is 0 Å². The van der Waals surface area contributed by atoms with Crippen LogP contribution in [-0.4, -0.2) is 24.0 Å². The average Bonchev–Trinajstić information content (AvgIpc) is 3.11. The van der Waals surface area contributed by atoms with Gasteiger partial charge in [-0.2, -0.15) is 0 Å². The molecule has 2 atom stereocenters. The normalized spacial score (nSPS) is 20.8. The first-order chi connectivity index (χ1) is 8.40. The van der Waals surface area contributed by atoms with Gasteiger partial charge in [-0.3, -0.25) is 4.90 Å². The number of hydrogen-bond acceptors (Lipinski definition) is 2. The largest absolute Gasteiger partial charge is 0.324 e. The van der Waals surface area contributed by atoms with E-state index in [0.29, 0.717) is 12.0 Å². The number of benzene rings is 1. The van der Waals surface area contributed by atoms with E-state index in [0.717, 1.165) is 11.6 Å². The predicted octanol–water partition coefficient (Wildman–Crippen LogP) is 3.46. The second-order valence-electron chi connectivity index (χ2n) is 5.93. The van der Waals surface area contributed by atoms with Gasteiger partial charge in [0.15, 0.2) is 0 Å². The number of nitrogens with two attached hydrogens (primary N) is 1. The standard InChI is InChI=1S/C15H23ClN2/c1-11(12-5-4-6-14(16)9-12)18(3)10-15(2,17)13-7-8-13/h4-6,9,11,13H,7-8,10,17H2,1-3H3. The van der Waals surface area contributed by atoms with Gasteiger partial charge in [0.2, 0.25) is 0 Å². The molecule has 2 N–H and O–H groups in total. The van der Waals surface area contributed by atoms with Crippen molar-refractivity contribution in [2.75, 3.05) is 13.6 Å². The van der Waals surface area contributed by atoms with Crippen LogP contribution < -0.4 is 5.73 Å². The summed E-state index contributed by atoms with van der Waals surface area (Å²) >= 11 is 6.04. The molecule has 1 fully saturated rings. The van der Waals surface area contributed by atoms with Gasteiger partial charge in [-0.05, 0) is 57.4 Å². The fourth-order valence-corrected chi connectivity index (χ4v) is 2.77. The topological polar surface area (TPSA) is 29.3 Å². The Labute approximate surface area is 115 Å². The van der Waals surface area contributed by atoms with E-state index in [-0.39, 0.29) is 5.54 Å². The Morgan fingerprint density at radius 3 is 2.72 bits per heavy atom. The quantitative estimate of drug-likeness (QED) is 0.884. The van der Waals surface area contributed by atoms with E-state index < -0.39 is 0 Å². The third kappa shape index (κ3) is 3.25. The summed E-state index contributed by atoms with van der Waals surface area (Å²) in [7, 11) is 2.14. The summed E-state index contributed by atoms with van der Waals surface area (Å²) in [5.41, 5.74) is 7.58. The van der Waals surface area contributed by atoms with Crippen molar-refractivity contribution in [1.82, 2.24) is 4.90 Å². The molecule has 2 rings (SSSR count). The van der Waals surface area contributed by atoms with Crippen molar-refractivity contribution in [2.45, 2.75) is 38.3 Å². The Morgan fingerprint density at radius 2 is 2.17 bits per heavy atom. The van der Waals surface area contributed by atoms with Crippen molar-refractivity contribution in [2.24, 2.45) is 11.7 Å². The number of rotatable bonds is 5. The number of likely N-dealkylation sites (N-methyl/N-ethyl adjacent to an activating group) is 1. The molecule has 0 saturated heterocycles. The minimum Gasteiger partial charge on any atom is -0.324 e. The van der Waals surface area contributed by atoms with Crippen LogP contribution >= 0.6 is 11.6 Å². The summed E-state index contributed by atoms with van der Waals surface area (Å²) in [5.74, 6) is 0.700. The third-order valence-electron chi connectivity index (χ3n) is 4.09. The SMILES string of the molecule is CC(c1cccc(Cl)c1)N(C)CC(C)(N)C1CC1. The first-order valence-electron chi connectivity index (χ1n) is 6.65. The summed E-state index contributed by atoms with van der Waals surface area (Å²) in [6.07, 6.45) is 2.57. The first-order valence-corrected chi connectivity index (χ1v) is 7.02. The van der Waals surface area contributed by atoms with E-state index in [1.54, 1.807) is 0 Å². The maximum atomic E-state index is 6.40. The molecule has 0 bridgehead atoms. The lowest BCUT2D eigenvalue weighted by Crippen LogP contribution is -2.49. The van der Waals surface area contributed by atoms with Crippen LogP contribution in [0.3, 0.4) is 0 Å². The van der Waals surface area contributed by atoms with Crippen molar-refractivity contribution >= 4 is 11.6 Å². The number of nitrogens with zero attached hydrogens (tertiary/aromatic N) is 1. The number of halogens is 1. The molecule has 0 heterocycles. The van der Waals surface area contributed by atoms with E-state index in [4.69, 9.17) is 17.3 Å². The van der Waals surface area contributed by atoms with E-state index in [1.165, 1.54) is 18.4 Å². The Kier molecular flexibility index (Phi) is 4.00. The van der Waals surface area contributed by atoms with Crippen LogP contribution in [0.4, 0.5) is 0 Å². The zero-order chi connectivity index (χ0) is 13.3. The van der Waals surface area contributed by atoms with Gasteiger partial charge in [-0.15, -0.1) is 0 Å². The molecule has 0 amide bonds. The molecule has 0 spiro atoms. The molecular formula is C15H23ClN2. The molecule has 0 radical (unpaired) electrons. The molecule has 1 aliphatic rings. The molecule has 3 heteroatoms. The second-order valence-corrected chi connectivity index (χ2v) is 6.36. The fraction of sp³-hybridized carbons (Fsp3) is 0.600. The minimum atomic E-state index is -0.0679. The van der Waals surface area contributed by atoms with Gasteiger partial charge in [-0.1, -0.05) is 23.7 Å². The third-order valence-corrected chi connectivity index (χ3v) is 4.33. The Bertz CT molecular complexity index is 413. The molecular weight excluding hydrogens is 244 g/mol. The maximum Gasteiger partial charge on any atom is 0.0409 e. The Balaban J connectivity index is 2.02. The highest BCUT2D eigenvalue weighted by Crippen LogP contribution is 2.39. The van der Waals surface area contributed by atoms with Crippen LogP contribution in [-0.2, 0) is 0 Å². The van der Waals surface area contributed by atoms with Crippen LogP contribution in [0.5, 0.6) is 0 Å². The van der Waals surface area contributed by atoms with Crippen molar-refractivity contribution in [3.8, 4) is 0 Å². The highest BCUT2D eigenvalue weighted by atomic mass is 35.5.